The molecular formula is C57H37N3. The van der Waals surface area contributed by atoms with Crippen molar-refractivity contribution in [2.75, 3.05) is 4.90 Å². The van der Waals surface area contributed by atoms with Gasteiger partial charge in [-0.25, -0.2) is 9.97 Å². The molecule has 0 radical (unpaired) electrons. The molecule has 9 aromatic carbocycles. The lowest BCUT2D eigenvalue weighted by Gasteiger charge is -2.32. The van der Waals surface area contributed by atoms with Crippen molar-refractivity contribution in [2.24, 2.45) is 0 Å². The molecule has 0 saturated carbocycles. The van der Waals surface area contributed by atoms with E-state index < -0.39 is 5.41 Å². The third kappa shape index (κ3) is 5.09. The van der Waals surface area contributed by atoms with Crippen molar-refractivity contribution < 1.29 is 0 Å². The lowest BCUT2D eigenvalue weighted by molar-refractivity contribution is 0.794. The fraction of sp³-hybridized carbons (Fsp3) is 0.0175. The van der Waals surface area contributed by atoms with Gasteiger partial charge in [0.25, 0.3) is 0 Å². The summed E-state index contributed by atoms with van der Waals surface area (Å²) in [6, 6.07) is 81.0. The summed E-state index contributed by atoms with van der Waals surface area (Å²) in [4.78, 5) is 13.2. The van der Waals surface area contributed by atoms with Gasteiger partial charge >= 0.3 is 0 Å². The molecule has 0 saturated heterocycles. The SMILES string of the molecule is c1ccc(-c2ccc3c(c2)C2(c4ccccc4-c4ccccc42)c2cc(N(c4nc(-c5ccccc5)c5ccccc5n4)c4ccccc4-c4ccccc4)ccc2-3)cc1. The van der Waals surface area contributed by atoms with Gasteiger partial charge in [-0.2, -0.15) is 0 Å². The van der Waals surface area contributed by atoms with E-state index in [-0.39, 0.29) is 0 Å². The highest BCUT2D eigenvalue weighted by molar-refractivity contribution is 5.99. The predicted molar refractivity (Wildman–Crippen MR) is 247 cm³/mol. The van der Waals surface area contributed by atoms with Crippen LogP contribution in [-0.4, -0.2) is 9.97 Å². The van der Waals surface area contributed by atoms with Crippen LogP contribution in [0.15, 0.2) is 224 Å². The zero-order valence-corrected chi connectivity index (χ0v) is 32.7. The highest BCUT2D eigenvalue weighted by Crippen LogP contribution is 2.63. The Hall–Kier alpha value is -7.88. The monoisotopic (exact) mass is 763 g/mol. The van der Waals surface area contributed by atoms with Crippen molar-refractivity contribution in [3.63, 3.8) is 0 Å². The largest absolute Gasteiger partial charge is 0.279 e. The molecule has 3 heteroatoms. The van der Waals surface area contributed by atoms with E-state index in [2.05, 4.69) is 229 Å². The number of hydrogen-bond donors (Lipinski definition) is 0. The predicted octanol–water partition coefficient (Wildman–Crippen LogP) is 14.4. The van der Waals surface area contributed by atoms with E-state index in [4.69, 9.17) is 9.97 Å². The minimum Gasteiger partial charge on any atom is -0.279 e. The summed E-state index contributed by atoms with van der Waals surface area (Å²) >= 11 is 0. The van der Waals surface area contributed by atoms with Crippen LogP contribution < -0.4 is 4.90 Å². The number of fused-ring (bicyclic) bond motifs is 11. The maximum atomic E-state index is 5.51. The average molecular weight is 764 g/mol. The van der Waals surface area contributed by atoms with Gasteiger partial charge in [-0.3, -0.25) is 4.90 Å². The molecule has 60 heavy (non-hydrogen) atoms. The molecule has 0 aliphatic heterocycles. The summed E-state index contributed by atoms with van der Waals surface area (Å²) in [6.45, 7) is 0. The third-order valence-corrected chi connectivity index (χ3v) is 12.5. The van der Waals surface area contributed by atoms with E-state index >= 15 is 0 Å². The molecule has 0 N–H and O–H groups in total. The van der Waals surface area contributed by atoms with Crippen molar-refractivity contribution >= 4 is 28.2 Å². The number of anilines is 3. The lowest BCUT2D eigenvalue weighted by Crippen LogP contribution is -2.26. The lowest BCUT2D eigenvalue weighted by atomic mass is 9.70. The van der Waals surface area contributed by atoms with E-state index in [1.807, 2.05) is 0 Å². The van der Waals surface area contributed by atoms with Crippen molar-refractivity contribution in [3.8, 4) is 55.8 Å². The number of para-hydroxylation sites is 2. The molecule has 0 unspecified atom stereocenters. The molecule has 12 rings (SSSR count). The summed E-state index contributed by atoms with van der Waals surface area (Å²) in [5.41, 5.74) is 19.1. The van der Waals surface area contributed by atoms with Gasteiger partial charge in [0.2, 0.25) is 5.95 Å². The van der Waals surface area contributed by atoms with Gasteiger partial charge in [-0.05, 0) is 91.5 Å². The number of hydrogen-bond acceptors (Lipinski definition) is 3. The van der Waals surface area contributed by atoms with Crippen LogP contribution in [-0.2, 0) is 5.41 Å². The zero-order valence-electron chi connectivity index (χ0n) is 32.7. The second-order valence-electron chi connectivity index (χ2n) is 15.7. The van der Waals surface area contributed by atoms with Crippen LogP contribution in [0.1, 0.15) is 22.3 Å². The summed E-state index contributed by atoms with van der Waals surface area (Å²) in [5.74, 6) is 0.610. The summed E-state index contributed by atoms with van der Waals surface area (Å²) in [7, 11) is 0. The summed E-state index contributed by atoms with van der Waals surface area (Å²) in [5, 5.41) is 1.01. The van der Waals surface area contributed by atoms with Crippen LogP contribution >= 0.6 is 0 Å². The van der Waals surface area contributed by atoms with Gasteiger partial charge in [0.15, 0.2) is 0 Å². The van der Waals surface area contributed by atoms with Crippen LogP contribution in [0.3, 0.4) is 0 Å². The van der Waals surface area contributed by atoms with E-state index in [1.54, 1.807) is 0 Å². The Morgan fingerprint density at radius 2 is 0.850 bits per heavy atom. The van der Waals surface area contributed by atoms with E-state index in [1.165, 1.54) is 55.6 Å². The molecular weight excluding hydrogens is 727 g/mol. The Balaban J connectivity index is 1.16. The van der Waals surface area contributed by atoms with Gasteiger partial charge in [-0.1, -0.05) is 194 Å². The quantitative estimate of drug-likeness (QED) is 0.169. The molecule has 1 heterocycles. The molecule has 0 bridgehead atoms. The zero-order chi connectivity index (χ0) is 39.6. The van der Waals surface area contributed by atoms with Crippen molar-refractivity contribution in [2.45, 2.75) is 5.41 Å². The summed E-state index contributed by atoms with van der Waals surface area (Å²) in [6.07, 6.45) is 0. The number of nitrogens with zero attached hydrogens (tertiary/aromatic N) is 3. The second kappa shape index (κ2) is 13.6. The Kier molecular flexibility index (Phi) is 7.76. The van der Waals surface area contributed by atoms with Gasteiger partial charge in [0, 0.05) is 22.2 Å². The Labute approximate surface area is 349 Å². The molecule has 0 atom stereocenters. The number of rotatable bonds is 6. The van der Waals surface area contributed by atoms with Crippen molar-refractivity contribution in [3.05, 3.63) is 247 Å². The van der Waals surface area contributed by atoms with Crippen molar-refractivity contribution in [1.82, 2.24) is 9.97 Å². The highest BCUT2D eigenvalue weighted by Gasteiger charge is 2.52. The second-order valence-corrected chi connectivity index (χ2v) is 15.7. The Morgan fingerprint density at radius 3 is 1.55 bits per heavy atom. The van der Waals surface area contributed by atoms with Gasteiger partial charge in [0.1, 0.15) is 0 Å². The topological polar surface area (TPSA) is 29.0 Å². The normalized spacial score (nSPS) is 12.8. The molecule has 1 spiro atoms. The van der Waals surface area contributed by atoms with Crippen molar-refractivity contribution in [1.29, 1.82) is 0 Å². The molecule has 2 aliphatic carbocycles. The fourth-order valence-electron chi connectivity index (χ4n) is 9.95. The maximum absolute atomic E-state index is 5.51. The van der Waals surface area contributed by atoms with E-state index in [0.717, 1.165) is 44.7 Å². The summed E-state index contributed by atoms with van der Waals surface area (Å²) < 4.78 is 0. The molecule has 2 aliphatic rings. The first kappa shape index (κ1) is 34.2. The Bertz CT molecular complexity index is 3220. The fourth-order valence-corrected chi connectivity index (χ4v) is 9.95. The minimum atomic E-state index is -0.553. The first-order valence-electron chi connectivity index (χ1n) is 20.6. The maximum Gasteiger partial charge on any atom is 0.235 e. The standard InChI is InChI=1S/C57H37N3/c1-4-18-38(19-5-1)41-32-34-46-47-35-33-42(37-52(47)57(51(46)36-41)49-28-14-10-25-44(49)45-26-11-15-29-50(45)57)60(54-31-17-13-24-43(54)39-20-6-2-7-21-39)56-58-53-30-16-12-27-48(53)55(59-56)40-22-8-3-9-23-40/h1-37H. The van der Waals surface area contributed by atoms with E-state index in [9.17, 15) is 0 Å². The molecule has 0 fully saturated rings. The first-order valence-corrected chi connectivity index (χ1v) is 20.6. The number of aromatic nitrogens is 2. The van der Waals surface area contributed by atoms with E-state index in [0.29, 0.717) is 5.95 Å². The van der Waals surface area contributed by atoms with Crippen LogP contribution in [0.2, 0.25) is 0 Å². The smallest absolute Gasteiger partial charge is 0.235 e. The molecule has 280 valence electrons. The van der Waals surface area contributed by atoms with Crippen LogP contribution in [0.25, 0.3) is 66.7 Å². The van der Waals surface area contributed by atoms with Crippen LogP contribution in [0, 0.1) is 0 Å². The van der Waals surface area contributed by atoms with Gasteiger partial charge in [-0.15, -0.1) is 0 Å². The first-order chi connectivity index (χ1) is 29.8. The third-order valence-electron chi connectivity index (χ3n) is 12.5. The van der Waals surface area contributed by atoms with Gasteiger partial charge in [0.05, 0.1) is 22.3 Å². The number of benzene rings is 9. The highest BCUT2D eigenvalue weighted by atomic mass is 15.3. The van der Waals surface area contributed by atoms with Crippen LogP contribution in [0.4, 0.5) is 17.3 Å². The molecule has 0 amide bonds. The minimum absolute atomic E-state index is 0.553. The Morgan fingerprint density at radius 1 is 0.333 bits per heavy atom. The molecule has 3 nitrogen and oxygen atoms in total. The van der Waals surface area contributed by atoms with Crippen LogP contribution in [0.5, 0.6) is 0 Å². The molecule has 1 aromatic heterocycles. The average Bonchev–Trinajstić information content (AvgIpc) is 3.79. The van der Waals surface area contributed by atoms with Gasteiger partial charge < -0.3 is 0 Å². The molecule has 10 aromatic rings.